The summed E-state index contributed by atoms with van der Waals surface area (Å²) < 4.78 is 0. The summed E-state index contributed by atoms with van der Waals surface area (Å²) in [6, 6.07) is 4.55. The van der Waals surface area contributed by atoms with Gasteiger partial charge in [0.1, 0.15) is 0 Å². The van der Waals surface area contributed by atoms with E-state index in [2.05, 4.69) is 10.2 Å². The Balaban J connectivity index is 2.02. The fourth-order valence-corrected chi connectivity index (χ4v) is 2.14. The Morgan fingerprint density at radius 2 is 1.85 bits per heavy atom. The number of carboxylic acids is 1. The lowest BCUT2D eigenvalue weighted by molar-refractivity contribution is 0.0697. The topological polar surface area (TPSA) is 72.9 Å². The van der Waals surface area contributed by atoms with E-state index in [1.54, 1.807) is 24.0 Å². The fraction of sp³-hybridized carbons (Fsp3) is 0.429. The normalized spacial score (nSPS) is 16.0. The van der Waals surface area contributed by atoms with Crippen LogP contribution in [0.15, 0.2) is 18.2 Å². The van der Waals surface area contributed by atoms with E-state index in [4.69, 9.17) is 5.11 Å². The molecule has 108 valence electrons. The Hall–Kier alpha value is -2.08. The first-order chi connectivity index (χ1) is 9.47. The number of aryl methyl sites for hydroxylation is 1. The van der Waals surface area contributed by atoms with Gasteiger partial charge in [-0.3, -0.25) is 0 Å². The molecule has 20 heavy (non-hydrogen) atoms. The first-order valence-electron chi connectivity index (χ1n) is 6.56. The number of nitrogens with one attached hydrogen (secondary N) is 1. The van der Waals surface area contributed by atoms with E-state index in [9.17, 15) is 9.59 Å². The lowest BCUT2D eigenvalue weighted by Gasteiger charge is -2.32. The molecule has 1 fully saturated rings. The zero-order valence-corrected chi connectivity index (χ0v) is 11.7. The molecule has 2 N–H and O–H groups in total. The number of likely N-dealkylation sites (N-methyl/N-ethyl adjacent to an activating group) is 1. The van der Waals surface area contributed by atoms with E-state index in [1.165, 1.54) is 6.07 Å². The van der Waals surface area contributed by atoms with Crippen molar-refractivity contribution in [1.29, 1.82) is 0 Å². The number of hydrogen-bond acceptors (Lipinski definition) is 3. The van der Waals surface area contributed by atoms with Crippen molar-refractivity contribution in [2.24, 2.45) is 0 Å². The molecule has 6 nitrogen and oxygen atoms in total. The molecule has 0 saturated carbocycles. The summed E-state index contributed by atoms with van der Waals surface area (Å²) >= 11 is 0. The van der Waals surface area contributed by atoms with Crippen LogP contribution in [-0.4, -0.2) is 60.1 Å². The van der Waals surface area contributed by atoms with Gasteiger partial charge in [0.15, 0.2) is 0 Å². The van der Waals surface area contributed by atoms with E-state index < -0.39 is 5.97 Å². The van der Waals surface area contributed by atoms with Gasteiger partial charge in [-0.15, -0.1) is 0 Å². The van der Waals surface area contributed by atoms with Gasteiger partial charge in [-0.05, 0) is 37.7 Å². The van der Waals surface area contributed by atoms with E-state index in [-0.39, 0.29) is 11.6 Å². The molecule has 0 radical (unpaired) electrons. The summed E-state index contributed by atoms with van der Waals surface area (Å²) in [6.07, 6.45) is 0. The molecule has 0 unspecified atom stereocenters. The third-order valence-corrected chi connectivity index (χ3v) is 3.51. The molecular weight excluding hydrogens is 258 g/mol. The van der Waals surface area contributed by atoms with Crippen LogP contribution in [0, 0.1) is 6.92 Å². The number of anilines is 1. The van der Waals surface area contributed by atoms with Crippen molar-refractivity contribution >= 4 is 17.7 Å². The van der Waals surface area contributed by atoms with Gasteiger partial charge in [0, 0.05) is 31.9 Å². The van der Waals surface area contributed by atoms with Gasteiger partial charge in [-0.1, -0.05) is 0 Å². The van der Waals surface area contributed by atoms with E-state index >= 15 is 0 Å². The highest BCUT2D eigenvalue weighted by atomic mass is 16.4. The minimum absolute atomic E-state index is 0.135. The second kappa shape index (κ2) is 5.92. The molecule has 2 amide bonds. The van der Waals surface area contributed by atoms with Crippen molar-refractivity contribution < 1.29 is 14.7 Å². The maximum Gasteiger partial charge on any atom is 0.335 e. The highest BCUT2D eigenvalue weighted by Crippen LogP contribution is 2.17. The Bertz CT molecular complexity index is 522. The summed E-state index contributed by atoms with van der Waals surface area (Å²) in [5.74, 6) is -0.968. The standard InChI is InChI=1S/C14H19N3O3/c1-10-9-11(13(18)19)3-4-12(10)15-14(20)17-7-5-16(2)6-8-17/h3-4,9H,5-8H2,1-2H3,(H,15,20)(H,18,19). The number of rotatable bonds is 2. The van der Waals surface area contributed by atoms with Crippen LogP contribution in [0.3, 0.4) is 0 Å². The maximum absolute atomic E-state index is 12.1. The average Bonchev–Trinajstić information content (AvgIpc) is 2.41. The van der Waals surface area contributed by atoms with E-state index in [0.29, 0.717) is 18.8 Å². The number of hydrogen-bond donors (Lipinski definition) is 2. The second-order valence-electron chi connectivity index (χ2n) is 5.06. The van der Waals surface area contributed by atoms with Crippen LogP contribution in [-0.2, 0) is 0 Å². The van der Waals surface area contributed by atoms with Gasteiger partial charge < -0.3 is 20.2 Å². The van der Waals surface area contributed by atoms with Gasteiger partial charge in [0.05, 0.1) is 5.56 Å². The molecule has 2 rings (SSSR count). The minimum Gasteiger partial charge on any atom is -0.478 e. The Labute approximate surface area is 118 Å². The number of nitrogens with zero attached hydrogens (tertiary/aromatic N) is 2. The van der Waals surface area contributed by atoms with Crippen LogP contribution in [0.25, 0.3) is 0 Å². The highest BCUT2D eigenvalue weighted by molar-refractivity contribution is 5.92. The van der Waals surface area contributed by atoms with Crippen molar-refractivity contribution in [2.75, 3.05) is 38.5 Å². The quantitative estimate of drug-likeness (QED) is 0.858. The molecule has 1 heterocycles. The van der Waals surface area contributed by atoms with E-state index in [1.807, 2.05) is 7.05 Å². The lowest BCUT2D eigenvalue weighted by Crippen LogP contribution is -2.48. The fourth-order valence-electron chi connectivity index (χ4n) is 2.14. The number of carbonyl (C=O) groups is 2. The number of urea groups is 1. The zero-order chi connectivity index (χ0) is 14.7. The SMILES string of the molecule is Cc1cc(C(=O)O)ccc1NC(=O)N1CCN(C)CC1. The largest absolute Gasteiger partial charge is 0.478 e. The third kappa shape index (κ3) is 3.27. The van der Waals surface area contributed by atoms with E-state index in [0.717, 1.165) is 18.7 Å². The molecule has 0 aromatic heterocycles. The van der Waals surface area contributed by atoms with Crippen molar-refractivity contribution in [3.05, 3.63) is 29.3 Å². The van der Waals surface area contributed by atoms with Crippen LogP contribution >= 0.6 is 0 Å². The number of carbonyl (C=O) groups excluding carboxylic acids is 1. The van der Waals surface area contributed by atoms with Crippen molar-refractivity contribution in [2.45, 2.75) is 6.92 Å². The molecule has 6 heteroatoms. The molecule has 1 saturated heterocycles. The Kier molecular flexibility index (Phi) is 4.24. The Morgan fingerprint density at radius 3 is 2.40 bits per heavy atom. The van der Waals surface area contributed by atoms with Gasteiger partial charge in [-0.25, -0.2) is 9.59 Å². The molecule has 1 aromatic carbocycles. The molecule has 1 aliphatic rings. The predicted octanol–water partition coefficient (Wildman–Crippen LogP) is 1.47. The molecular formula is C14H19N3O3. The third-order valence-electron chi connectivity index (χ3n) is 3.51. The predicted molar refractivity (Wildman–Crippen MR) is 76.2 cm³/mol. The highest BCUT2D eigenvalue weighted by Gasteiger charge is 2.19. The van der Waals surface area contributed by atoms with Crippen LogP contribution in [0.2, 0.25) is 0 Å². The maximum atomic E-state index is 12.1. The Morgan fingerprint density at radius 1 is 1.20 bits per heavy atom. The number of piperazine rings is 1. The molecule has 1 aliphatic heterocycles. The van der Waals surface area contributed by atoms with Crippen LogP contribution in [0.4, 0.5) is 10.5 Å². The van der Waals surface area contributed by atoms with Crippen molar-refractivity contribution in [3.63, 3.8) is 0 Å². The van der Waals surface area contributed by atoms with Crippen molar-refractivity contribution in [1.82, 2.24) is 9.80 Å². The first-order valence-corrected chi connectivity index (χ1v) is 6.56. The number of aromatic carboxylic acids is 1. The smallest absolute Gasteiger partial charge is 0.335 e. The van der Waals surface area contributed by atoms with Crippen LogP contribution < -0.4 is 5.32 Å². The second-order valence-corrected chi connectivity index (χ2v) is 5.06. The van der Waals surface area contributed by atoms with Gasteiger partial charge in [-0.2, -0.15) is 0 Å². The minimum atomic E-state index is -0.968. The number of carboxylic acid groups (broad SMARTS) is 1. The average molecular weight is 277 g/mol. The van der Waals surface area contributed by atoms with Gasteiger partial charge in [0.2, 0.25) is 0 Å². The van der Waals surface area contributed by atoms with Crippen molar-refractivity contribution in [3.8, 4) is 0 Å². The van der Waals surface area contributed by atoms with Crippen LogP contribution in [0.1, 0.15) is 15.9 Å². The van der Waals surface area contributed by atoms with Gasteiger partial charge in [0.25, 0.3) is 0 Å². The molecule has 0 atom stereocenters. The summed E-state index contributed by atoms with van der Waals surface area (Å²) in [5, 5.41) is 11.7. The monoisotopic (exact) mass is 277 g/mol. The van der Waals surface area contributed by atoms with Gasteiger partial charge >= 0.3 is 12.0 Å². The number of amides is 2. The lowest BCUT2D eigenvalue weighted by atomic mass is 10.1. The summed E-state index contributed by atoms with van der Waals surface area (Å²) in [6.45, 7) is 4.92. The molecule has 0 bridgehead atoms. The molecule has 0 aliphatic carbocycles. The van der Waals surface area contributed by atoms with Crippen LogP contribution in [0.5, 0.6) is 0 Å². The summed E-state index contributed by atoms with van der Waals surface area (Å²) in [4.78, 5) is 26.9. The zero-order valence-electron chi connectivity index (χ0n) is 11.7. The molecule has 1 aromatic rings. The summed E-state index contributed by atoms with van der Waals surface area (Å²) in [7, 11) is 2.03. The first kappa shape index (κ1) is 14.3. The summed E-state index contributed by atoms with van der Waals surface area (Å²) in [5.41, 5.74) is 1.62. The number of benzene rings is 1. The molecule has 0 spiro atoms.